The summed E-state index contributed by atoms with van der Waals surface area (Å²) in [4.78, 5) is 26.6. The van der Waals surface area contributed by atoms with Crippen molar-refractivity contribution >= 4 is 11.6 Å². The molecule has 1 aliphatic carbocycles. The van der Waals surface area contributed by atoms with Crippen LogP contribution in [0.2, 0.25) is 0 Å². The van der Waals surface area contributed by atoms with Gasteiger partial charge < -0.3 is 0 Å². The third kappa shape index (κ3) is 2.07. The Kier molecular flexibility index (Phi) is 3.35. The van der Waals surface area contributed by atoms with Crippen molar-refractivity contribution in [1.29, 1.82) is 0 Å². The van der Waals surface area contributed by atoms with Crippen molar-refractivity contribution in [3.8, 4) is 0 Å². The maximum Gasteiger partial charge on any atom is 0.186 e. The van der Waals surface area contributed by atoms with E-state index in [2.05, 4.69) is 0 Å². The molecule has 0 spiro atoms. The summed E-state index contributed by atoms with van der Waals surface area (Å²) in [6, 6.07) is 17.2. The number of ketones is 2. The molecular formula is C21H12F2O2. The lowest BCUT2D eigenvalue weighted by atomic mass is 9.70. The zero-order chi connectivity index (χ0) is 17.6. The van der Waals surface area contributed by atoms with Gasteiger partial charge in [0.25, 0.3) is 0 Å². The molecule has 1 aliphatic rings. The molecule has 0 aliphatic heterocycles. The molecule has 0 saturated carbocycles. The van der Waals surface area contributed by atoms with Crippen LogP contribution in [-0.2, 0) is 5.41 Å². The van der Waals surface area contributed by atoms with Gasteiger partial charge in [0, 0.05) is 11.1 Å². The van der Waals surface area contributed by atoms with Crippen molar-refractivity contribution < 1.29 is 18.4 Å². The predicted molar refractivity (Wildman–Crippen MR) is 88.7 cm³/mol. The second-order valence-corrected chi connectivity index (χ2v) is 5.97. The lowest BCUT2D eigenvalue weighted by molar-refractivity contribution is 0.0829. The van der Waals surface area contributed by atoms with Gasteiger partial charge in [-0.25, -0.2) is 8.78 Å². The molecule has 0 N–H and O–H groups in total. The molecule has 122 valence electrons. The van der Waals surface area contributed by atoms with Crippen LogP contribution in [0.15, 0.2) is 72.8 Å². The molecule has 0 atom stereocenters. The minimum atomic E-state index is -1.62. The predicted octanol–water partition coefficient (Wildman–Crippen LogP) is 4.33. The highest BCUT2D eigenvalue weighted by Crippen LogP contribution is 2.44. The van der Waals surface area contributed by atoms with Crippen LogP contribution in [0.5, 0.6) is 0 Å². The molecule has 0 aromatic heterocycles. The summed E-state index contributed by atoms with van der Waals surface area (Å²) in [6.07, 6.45) is 0. The van der Waals surface area contributed by atoms with E-state index in [1.807, 2.05) is 0 Å². The maximum absolute atomic E-state index is 13.4. The Morgan fingerprint density at radius 3 is 1.28 bits per heavy atom. The van der Waals surface area contributed by atoms with Crippen molar-refractivity contribution in [3.63, 3.8) is 0 Å². The van der Waals surface area contributed by atoms with Gasteiger partial charge >= 0.3 is 0 Å². The highest BCUT2D eigenvalue weighted by atomic mass is 19.1. The molecule has 4 rings (SSSR count). The number of hydrogen-bond donors (Lipinski definition) is 0. The van der Waals surface area contributed by atoms with Gasteiger partial charge in [-0.05, 0) is 35.4 Å². The van der Waals surface area contributed by atoms with Crippen LogP contribution >= 0.6 is 0 Å². The number of fused-ring (bicyclic) bond motifs is 1. The topological polar surface area (TPSA) is 34.1 Å². The Morgan fingerprint density at radius 2 is 0.920 bits per heavy atom. The summed E-state index contributed by atoms with van der Waals surface area (Å²) in [7, 11) is 0. The van der Waals surface area contributed by atoms with E-state index >= 15 is 0 Å². The largest absolute Gasteiger partial charge is 0.292 e. The van der Waals surface area contributed by atoms with Crippen molar-refractivity contribution in [2.75, 3.05) is 0 Å². The fourth-order valence-electron chi connectivity index (χ4n) is 3.48. The fraction of sp³-hybridized carbons (Fsp3) is 0.0476. The van der Waals surface area contributed by atoms with Crippen molar-refractivity contribution in [3.05, 3.63) is 107 Å². The Morgan fingerprint density at radius 1 is 0.560 bits per heavy atom. The molecule has 3 aromatic rings. The standard InChI is InChI=1S/C21H12F2O2/c22-15-9-5-13(6-10-15)21(14-7-11-16(23)12-8-14)19(24)17-3-1-2-4-18(17)20(21)25/h1-12H. The van der Waals surface area contributed by atoms with Gasteiger partial charge in [-0.15, -0.1) is 0 Å². The molecule has 0 amide bonds. The van der Waals surface area contributed by atoms with E-state index in [0.29, 0.717) is 22.3 Å². The normalized spacial score (nSPS) is 15.3. The van der Waals surface area contributed by atoms with E-state index in [4.69, 9.17) is 0 Å². The molecule has 2 nitrogen and oxygen atoms in total. The summed E-state index contributed by atoms with van der Waals surface area (Å²) in [5, 5.41) is 0. The Balaban J connectivity index is 2.04. The first kappa shape index (κ1) is 15.4. The molecule has 0 heterocycles. The van der Waals surface area contributed by atoms with Crippen LogP contribution in [0.3, 0.4) is 0 Å². The quantitative estimate of drug-likeness (QED) is 0.654. The number of rotatable bonds is 2. The minimum Gasteiger partial charge on any atom is -0.292 e. The molecule has 0 unspecified atom stereocenters. The van der Waals surface area contributed by atoms with Crippen molar-refractivity contribution in [2.24, 2.45) is 0 Å². The highest BCUT2D eigenvalue weighted by Gasteiger charge is 2.55. The number of halogens is 2. The monoisotopic (exact) mass is 334 g/mol. The Bertz CT molecular complexity index is 907. The second kappa shape index (κ2) is 5.45. The number of benzene rings is 3. The van der Waals surface area contributed by atoms with Crippen LogP contribution in [0.25, 0.3) is 0 Å². The van der Waals surface area contributed by atoms with Gasteiger partial charge in [0.1, 0.15) is 17.0 Å². The number of Topliss-reactive ketones (excluding diaryl/α,β-unsaturated/α-hetero) is 2. The molecule has 0 saturated heterocycles. The number of hydrogen-bond acceptors (Lipinski definition) is 2. The number of carbonyl (C=O) groups is 2. The maximum atomic E-state index is 13.4. The van der Waals surface area contributed by atoms with Gasteiger partial charge in [0.05, 0.1) is 0 Å². The van der Waals surface area contributed by atoms with Gasteiger partial charge in [-0.1, -0.05) is 48.5 Å². The molecule has 0 fully saturated rings. The SMILES string of the molecule is O=C1c2ccccc2C(=O)C1(c1ccc(F)cc1)c1ccc(F)cc1. The molecule has 25 heavy (non-hydrogen) atoms. The van der Waals surface area contributed by atoms with Crippen molar-refractivity contribution in [1.82, 2.24) is 0 Å². The smallest absolute Gasteiger partial charge is 0.186 e. The zero-order valence-corrected chi connectivity index (χ0v) is 13.0. The zero-order valence-electron chi connectivity index (χ0n) is 13.0. The third-order valence-corrected chi connectivity index (χ3v) is 4.65. The average Bonchev–Trinajstić information content (AvgIpc) is 2.86. The van der Waals surface area contributed by atoms with E-state index in [0.717, 1.165) is 0 Å². The van der Waals surface area contributed by atoms with E-state index < -0.39 is 17.0 Å². The summed E-state index contributed by atoms with van der Waals surface area (Å²) < 4.78 is 26.8. The van der Waals surface area contributed by atoms with Crippen LogP contribution < -0.4 is 0 Å². The van der Waals surface area contributed by atoms with Crippen LogP contribution in [0.4, 0.5) is 8.78 Å². The van der Waals surface area contributed by atoms with Gasteiger partial charge in [0.15, 0.2) is 11.6 Å². The highest BCUT2D eigenvalue weighted by molar-refractivity contribution is 6.35. The summed E-state index contributed by atoms with van der Waals surface area (Å²) in [6.45, 7) is 0. The first-order valence-electron chi connectivity index (χ1n) is 7.76. The van der Waals surface area contributed by atoms with E-state index in [9.17, 15) is 18.4 Å². The average molecular weight is 334 g/mol. The summed E-state index contributed by atoms with van der Waals surface area (Å²) >= 11 is 0. The molecule has 0 radical (unpaired) electrons. The molecular weight excluding hydrogens is 322 g/mol. The summed E-state index contributed by atoms with van der Waals surface area (Å²) in [5.41, 5.74) is -0.244. The van der Waals surface area contributed by atoms with E-state index in [1.165, 1.54) is 48.5 Å². The van der Waals surface area contributed by atoms with Gasteiger partial charge in [-0.2, -0.15) is 0 Å². The van der Waals surface area contributed by atoms with Gasteiger partial charge in [0.2, 0.25) is 0 Å². The number of carbonyl (C=O) groups excluding carboxylic acids is 2. The fourth-order valence-corrected chi connectivity index (χ4v) is 3.48. The van der Waals surface area contributed by atoms with Crippen LogP contribution in [0, 0.1) is 11.6 Å². The van der Waals surface area contributed by atoms with E-state index in [1.54, 1.807) is 24.3 Å². The van der Waals surface area contributed by atoms with Crippen LogP contribution in [-0.4, -0.2) is 11.6 Å². The Labute approximate surface area is 142 Å². The second-order valence-electron chi connectivity index (χ2n) is 5.97. The third-order valence-electron chi connectivity index (χ3n) is 4.65. The molecule has 0 bridgehead atoms. The van der Waals surface area contributed by atoms with Gasteiger partial charge in [-0.3, -0.25) is 9.59 Å². The minimum absolute atomic E-state index is 0.321. The summed E-state index contributed by atoms with van der Waals surface area (Å²) in [5.74, 6) is -1.69. The van der Waals surface area contributed by atoms with E-state index in [-0.39, 0.29) is 11.6 Å². The lowest BCUT2D eigenvalue weighted by Crippen LogP contribution is -2.39. The lowest BCUT2D eigenvalue weighted by Gasteiger charge is -2.27. The molecule has 4 heteroatoms. The molecule has 3 aromatic carbocycles. The van der Waals surface area contributed by atoms with Crippen LogP contribution in [0.1, 0.15) is 31.8 Å². The first-order valence-corrected chi connectivity index (χ1v) is 7.76. The first-order chi connectivity index (χ1) is 12.0. The Hall–Kier alpha value is -3.14. The van der Waals surface area contributed by atoms with Crippen molar-refractivity contribution in [2.45, 2.75) is 5.41 Å².